The highest BCUT2D eigenvalue weighted by Gasteiger charge is 2.04. The van der Waals surface area contributed by atoms with Gasteiger partial charge >= 0.3 is 0 Å². The minimum Gasteiger partial charge on any atom is -0.389 e. The van der Waals surface area contributed by atoms with Crippen molar-refractivity contribution in [3.05, 3.63) is 28.2 Å². The highest BCUT2D eigenvalue weighted by Crippen LogP contribution is 2.24. The molecule has 92 valence electrons. The van der Waals surface area contributed by atoms with Crippen LogP contribution in [0.5, 0.6) is 0 Å². The van der Waals surface area contributed by atoms with Gasteiger partial charge in [0.25, 0.3) is 0 Å². The highest BCUT2D eigenvalue weighted by atomic mass is 35.5. The molecule has 1 rings (SSSR count). The van der Waals surface area contributed by atoms with Crippen LogP contribution in [0.15, 0.2) is 18.2 Å². The molecule has 0 aliphatic rings. The predicted octanol–water partition coefficient (Wildman–Crippen LogP) is 2.42. The van der Waals surface area contributed by atoms with E-state index in [1.165, 1.54) is 0 Å². The van der Waals surface area contributed by atoms with Gasteiger partial charge in [-0.15, -0.1) is 6.42 Å². The first-order chi connectivity index (χ1) is 8.13. The first kappa shape index (κ1) is 14.1. The van der Waals surface area contributed by atoms with Gasteiger partial charge in [-0.25, -0.2) is 0 Å². The molecule has 5 heteroatoms. The molecule has 0 bridgehead atoms. The van der Waals surface area contributed by atoms with Crippen molar-refractivity contribution in [2.45, 2.75) is 6.10 Å². The Morgan fingerprint density at radius 1 is 1.41 bits per heavy atom. The molecule has 0 aliphatic carbocycles. The summed E-state index contributed by atoms with van der Waals surface area (Å²) < 4.78 is 5.00. The van der Waals surface area contributed by atoms with E-state index in [0.717, 1.165) is 5.69 Å². The normalized spacial score (nSPS) is 11.9. The summed E-state index contributed by atoms with van der Waals surface area (Å²) in [5, 5.41) is 13.5. The average molecular weight is 274 g/mol. The maximum Gasteiger partial charge on any atom is 0.107 e. The summed E-state index contributed by atoms with van der Waals surface area (Å²) in [7, 11) is 0. The van der Waals surface area contributed by atoms with Gasteiger partial charge in [-0.3, -0.25) is 0 Å². The van der Waals surface area contributed by atoms with Crippen molar-refractivity contribution >= 4 is 28.9 Å². The molecule has 0 aromatic heterocycles. The number of anilines is 1. The Hall–Kier alpha value is -0.920. The maximum atomic E-state index is 9.55. The zero-order valence-electron chi connectivity index (χ0n) is 9.12. The Kier molecular flexibility index (Phi) is 6.17. The van der Waals surface area contributed by atoms with Crippen LogP contribution in [0.1, 0.15) is 0 Å². The molecular weight excluding hydrogens is 261 g/mol. The van der Waals surface area contributed by atoms with Gasteiger partial charge in [0, 0.05) is 12.2 Å². The number of benzene rings is 1. The van der Waals surface area contributed by atoms with Gasteiger partial charge in [0.1, 0.15) is 6.61 Å². The van der Waals surface area contributed by atoms with Crippen molar-refractivity contribution in [1.29, 1.82) is 0 Å². The van der Waals surface area contributed by atoms with E-state index in [1.807, 2.05) is 0 Å². The lowest BCUT2D eigenvalue weighted by Crippen LogP contribution is -2.24. The third-order valence-corrected chi connectivity index (χ3v) is 2.70. The van der Waals surface area contributed by atoms with Gasteiger partial charge in [0.05, 0.1) is 22.8 Å². The summed E-state index contributed by atoms with van der Waals surface area (Å²) >= 11 is 11.6. The topological polar surface area (TPSA) is 41.5 Å². The number of terminal acetylenes is 1. The largest absolute Gasteiger partial charge is 0.389 e. The second kappa shape index (κ2) is 7.41. The zero-order valence-corrected chi connectivity index (χ0v) is 10.6. The Balaban J connectivity index is 2.34. The van der Waals surface area contributed by atoms with Gasteiger partial charge in [0.2, 0.25) is 0 Å². The van der Waals surface area contributed by atoms with Gasteiger partial charge in [-0.05, 0) is 18.2 Å². The Bertz CT molecular complexity index is 404. The zero-order chi connectivity index (χ0) is 12.7. The smallest absolute Gasteiger partial charge is 0.107 e. The molecule has 0 fully saturated rings. The summed E-state index contributed by atoms with van der Waals surface area (Å²) in [6, 6.07) is 5.16. The quantitative estimate of drug-likeness (QED) is 0.618. The summed E-state index contributed by atoms with van der Waals surface area (Å²) in [6.45, 7) is 0.741. The molecule has 0 spiro atoms. The van der Waals surface area contributed by atoms with Crippen LogP contribution in [0.4, 0.5) is 5.69 Å². The lowest BCUT2D eigenvalue weighted by atomic mass is 10.3. The molecule has 1 unspecified atom stereocenters. The van der Waals surface area contributed by atoms with E-state index in [4.69, 9.17) is 34.4 Å². The maximum absolute atomic E-state index is 9.55. The fraction of sp³-hybridized carbons (Fsp3) is 0.333. The molecular formula is C12H13Cl2NO2. The molecule has 0 heterocycles. The molecule has 0 aliphatic heterocycles. The van der Waals surface area contributed by atoms with Crippen LogP contribution in [0, 0.1) is 12.3 Å². The van der Waals surface area contributed by atoms with E-state index < -0.39 is 6.10 Å². The third kappa shape index (κ3) is 5.29. The third-order valence-electron chi connectivity index (χ3n) is 1.96. The summed E-state index contributed by atoms with van der Waals surface area (Å²) in [5.41, 5.74) is 0.787. The van der Waals surface area contributed by atoms with Crippen molar-refractivity contribution in [3.8, 4) is 12.3 Å². The number of ether oxygens (including phenoxy) is 1. The second-order valence-electron chi connectivity index (χ2n) is 3.38. The van der Waals surface area contributed by atoms with E-state index in [0.29, 0.717) is 16.6 Å². The molecule has 3 nitrogen and oxygen atoms in total. The van der Waals surface area contributed by atoms with Crippen molar-refractivity contribution in [2.24, 2.45) is 0 Å². The lowest BCUT2D eigenvalue weighted by molar-refractivity contribution is 0.0588. The molecule has 17 heavy (non-hydrogen) atoms. The first-order valence-corrected chi connectivity index (χ1v) is 5.77. The van der Waals surface area contributed by atoms with Gasteiger partial charge in [0.15, 0.2) is 0 Å². The average Bonchev–Trinajstić information content (AvgIpc) is 2.31. The molecule has 1 aromatic carbocycles. The first-order valence-electron chi connectivity index (χ1n) is 5.01. The van der Waals surface area contributed by atoms with E-state index in [1.54, 1.807) is 18.2 Å². The molecule has 1 aromatic rings. The molecule has 0 saturated heterocycles. The van der Waals surface area contributed by atoms with Crippen LogP contribution < -0.4 is 5.32 Å². The minimum atomic E-state index is -0.627. The molecule has 0 saturated carbocycles. The van der Waals surface area contributed by atoms with E-state index in [-0.39, 0.29) is 13.2 Å². The number of halogens is 2. The fourth-order valence-electron chi connectivity index (χ4n) is 1.15. The standard InChI is InChI=1S/C12H13Cl2NO2/c1-2-5-17-8-10(16)7-15-9-3-4-11(13)12(14)6-9/h1,3-4,6,10,15-16H,5,7-8H2. The van der Waals surface area contributed by atoms with Crippen LogP contribution in [-0.4, -0.2) is 31.0 Å². The molecule has 2 N–H and O–H groups in total. The van der Waals surface area contributed by atoms with Crippen LogP contribution in [0.3, 0.4) is 0 Å². The number of aliphatic hydroxyl groups is 1. The fourth-order valence-corrected chi connectivity index (χ4v) is 1.45. The van der Waals surface area contributed by atoms with E-state index in [2.05, 4.69) is 11.2 Å². The minimum absolute atomic E-state index is 0.193. The summed E-state index contributed by atoms with van der Waals surface area (Å²) in [5.74, 6) is 2.32. The molecule has 0 amide bonds. The number of nitrogens with one attached hydrogen (secondary N) is 1. The summed E-state index contributed by atoms with van der Waals surface area (Å²) in [6.07, 6.45) is 4.38. The van der Waals surface area contributed by atoms with E-state index in [9.17, 15) is 5.11 Å². The van der Waals surface area contributed by atoms with Crippen LogP contribution in [-0.2, 0) is 4.74 Å². The van der Waals surface area contributed by atoms with Crippen molar-refractivity contribution in [3.63, 3.8) is 0 Å². The van der Waals surface area contributed by atoms with Crippen molar-refractivity contribution < 1.29 is 9.84 Å². The Labute approximate surface area is 111 Å². The second-order valence-corrected chi connectivity index (χ2v) is 4.20. The van der Waals surface area contributed by atoms with Crippen molar-refractivity contribution in [2.75, 3.05) is 25.1 Å². The SMILES string of the molecule is C#CCOCC(O)CNc1ccc(Cl)c(Cl)c1. The highest BCUT2D eigenvalue weighted by molar-refractivity contribution is 6.42. The van der Waals surface area contributed by atoms with Crippen LogP contribution >= 0.6 is 23.2 Å². The van der Waals surface area contributed by atoms with Crippen LogP contribution in [0.25, 0.3) is 0 Å². The Morgan fingerprint density at radius 2 is 2.18 bits per heavy atom. The van der Waals surface area contributed by atoms with Crippen LogP contribution in [0.2, 0.25) is 10.0 Å². The Morgan fingerprint density at radius 3 is 2.82 bits per heavy atom. The van der Waals surface area contributed by atoms with Gasteiger partial charge in [-0.1, -0.05) is 29.1 Å². The predicted molar refractivity (Wildman–Crippen MR) is 70.6 cm³/mol. The van der Waals surface area contributed by atoms with Gasteiger partial charge in [-0.2, -0.15) is 0 Å². The molecule has 0 radical (unpaired) electrons. The van der Waals surface area contributed by atoms with Gasteiger partial charge < -0.3 is 15.2 Å². The lowest BCUT2D eigenvalue weighted by Gasteiger charge is -2.12. The number of hydrogen-bond acceptors (Lipinski definition) is 3. The summed E-state index contributed by atoms with van der Waals surface area (Å²) in [4.78, 5) is 0. The van der Waals surface area contributed by atoms with Crippen molar-refractivity contribution in [1.82, 2.24) is 0 Å². The van der Waals surface area contributed by atoms with E-state index >= 15 is 0 Å². The monoisotopic (exact) mass is 273 g/mol. The number of rotatable bonds is 6. The number of aliphatic hydroxyl groups excluding tert-OH is 1. The molecule has 1 atom stereocenters. The number of hydrogen-bond donors (Lipinski definition) is 2.